The number of ether oxygens (including phenoxy) is 2. The minimum Gasteiger partial charge on any atom is -0.486 e. The van der Waals surface area contributed by atoms with Crippen molar-refractivity contribution in [3.05, 3.63) is 66.0 Å². The third-order valence-electron chi connectivity index (χ3n) is 5.30. The van der Waals surface area contributed by atoms with Crippen molar-refractivity contribution >= 4 is 17.7 Å². The van der Waals surface area contributed by atoms with Gasteiger partial charge in [0.25, 0.3) is 0 Å². The number of carbonyl (C=O) groups is 1. The molecule has 0 radical (unpaired) electrons. The summed E-state index contributed by atoms with van der Waals surface area (Å²) in [5.74, 6) is 3.19. The molecule has 2 aliphatic rings. The van der Waals surface area contributed by atoms with Crippen LogP contribution in [0.1, 0.15) is 30.1 Å². The molecular formula is C23H24N4O3S. The topological polar surface area (TPSA) is 78.3 Å². The van der Waals surface area contributed by atoms with Crippen LogP contribution in [0.25, 0.3) is 0 Å². The van der Waals surface area contributed by atoms with Crippen LogP contribution in [0, 0.1) is 0 Å². The van der Waals surface area contributed by atoms with Gasteiger partial charge in [0.15, 0.2) is 16.7 Å². The van der Waals surface area contributed by atoms with Gasteiger partial charge in [-0.3, -0.25) is 4.79 Å². The zero-order valence-corrected chi connectivity index (χ0v) is 17.9. The van der Waals surface area contributed by atoms with Crippen LogP contribution in [-0.2, 0) is 11.3 Å². The lowest BCUT2D eigenvalue weighted by molar-refractivity contribution is -0.119. The van der Waals surface area contributed by atoms with Crippen LogP contribution in [0.4, 0.5) is 0 Å². The highest BCUT2D eigenvalue weighted by Gasteiger charge is 2.30. The Bertz CT molecular complexity index is 1050. The number of hydrogen-bond donors (Lipinski definition) is 1. The molecule has 5 rings (SSSR count). The van der Waals surface area contributed by atoms with Crippen LogP contribution >= 0.6 is 11.8 Å². The predicted octanol–water partition coefficient (Wildman–Crippen LogP) is 3.25. The number of amides is 1. The summed E-state index contributed by atoms with van der Waals surface area (Å²) in [6, 6.07) is 17.8. The van der Waals surface area contributed by atoms with Gasteiger partial charge in [-0.2, -0.15) is 0 Å². The molecule has 7 nitrogen and oxygen atoms in total. The second-order valence-corrected chi connectivity index (χ2v) is 8.72. The van der Waals surface area contributed by atoms with Gasteiger partial charge in [-0.15, -0.1) is 10.2 Å². The van der Waals surface area contributed by atoms with E-state index in [4.69, 9.17) is 9.47 Å². The van der Waals surface area contributed by atoms with E-state index in [0.717, 1.165) is 36.1 Å². The maximum absolute atomic E-state index is 12.4. The fraction of sp³-hybridized carbons (Fsp3) is 0.348. The maximum atomic E-state index is 12.4. The summed E-state index contributed by atoms with van der Waals surface area (Å²) in [7, 11) is 0. The second-order valence-electron chi connectivity index (χ2n) is 7.78. The maximum Gasteiger partial charge on any atom is 0.230 e. The summed E-state index contributed by atoms with van der Waals surface area (Å²) in [5, 5.41) is 12.5. The van der Waals surface area contributed by atoms with E-state index in [0.29, 0.717) is 24.8 Å². The molecule has 2 aromatic carbocycles. The summed E-state index contributed by atoms with van der Waals surface area (Å²) >= 11 is 1.42. The molecule has 1 aliphatic heterocycles. The number of carbonyl (C=O) groups excluding carboxylic acids is 1. The predicted molar refractivity (Wildman–Crippen MR) is 118 cm³/mol. The van der Waals surface area contributed by atoms with Crippen molar-refractivity contribution in [3.8, 4) is 11.5 Å². The summed E-state index contributed by atoms with van der Waals surface area (Å²) in [4.78, 5) is 12.4. The van der Waals surface area contributed by atoms with Gasteiger partial charge in [0.05, 0.1) is 18.8 Å². The first kappa shape index (κ1) is 19.9. The monoisotopic (exact) mass is 436 g/mol. The second kappa shape index (κ2) is 9.01. The highest BCUT2D eigenvalue weighted by atomic mass is 32.2. The van der Waals surface area contributed by atoms with E-state index in [1.807, 2.05) is 42.5 Å². The molecule has 160 valence electrons. The molecule has 1 saturated carbocycles. The summed E-state index contributed by atoms with van der Waals surface area (Å²) in [6.45, 7) is 1.54. The molecule has 1 amide bonds. The lowest BCUT2D eigenvalue weighted by Gasteiger charge is -2.26. The number of thioether (sulfide) groups is 1. The first-order valence-corrected chi connectivity index (χ1v) is 11.5. The standard InChI is InChI=1S/C23H24N4O3S/c28-21(24-12-18-14-29-19-8-4-5-9-20(19)30-18)15-31-23-26-25-22(17-10-11-17)27(23)13-16-6-2-1-3-7-16/h1-9,17-18H,10-15H2,(H,24,28). The van der Waals surface area contributed by atoms with Crippen LogP contribution < -0.4 is 14.8 Å². The van der Waals surface area contributed by atoms with E-state index in [9.17, 15) is 4.79 Å². The fourth-order valence-electron chi connectivity index (χ4n) is 3.54. The van der Waals surface area contributed by atoms with Gasteiger partial charge < -0.3 is 19.4 Å². The highest BCUT2D eigenvalue weighted by molar-refractivity contribution is 7.99. The third-order valence-corrected chi connectivity index (χ3v) is 6.27. The molecule has 8 heteroatoms. The number of fused-ring (bicyclic) bond motifs is 1. The Morgan fingerprint density at radius 2 is 1.84 bits per heavy atom. The van der Waals surface area contributed by atoms with Crippen molar-refractivity contribution in [2.24, 2.45) is 0 Å². The van der Waals surface area contributed by atoms with Gasteiger partial charge in [0.1, 0.15) is 18.5 Å². The van der Waals surface area contributed by atoms with E-state index in [1.165, 1.54) is 17.3 Å². The van der Waals surface area contributed by atoms with Gasteiger partial charge in [0.2, 0.25) is 5.91 Å². The minimum atomic E-state index is -0.202. The SMILES string of the molecule is O=C(CSc1nnc(C2CC2)n1Cc1ccccc1)NCC1COc2ccccc2O1. The van der Waals surface area contributed by atoms with E-state index < -0.39 is 0 Å². The number of hydrogen-bond acceptors (Lipinski definition) is 6. The average Bonchev–Trinajstić information content (AvgIpc) is 3.58. The lowest BCUT2D eigenvalue weighted by atomic mass is 10.2. The molecule has 31 heavy (non-hydrogen) atoms. The molecule has 0 bridgehead atoms. The fourth-order valence-corrected chi connectivity index (χ4v) is 4.31. The van der Waals surface area contributed by atoms with Crippen molar-refractivity contribution in [2.75, 3.05) is 18.9 Å². The molecule has 1 atom stereocenters. The van der Waals surface area contributed by atoms with Crippen molar-refractivity contribution in [3.63, 3.8) is 0 Å². The van der Waals surface area contributed by atoms with Crippen LogP contribution in [0.3, 0.4) is 0 Å². The van der Waals surface area contributed by atoms with Crippen LogP contribution in [0.5, 0.6) is 11.5 Å². The zero-order chi connectivity index (χ0) is 21.0. The van der Waals surface area contributed by atoms with Crippen molar-refractivity contribution < 1.29 is 14.3 Å². The van der Waals surface area contributed by atoms with Crippen LogP contribution in [-0.4, -0.2) is 45.7 Å². The number of rotatable bonds is 8. The quantitative estimate of drug-likeness (QED) is 0.546. The van der Waals surface area contributed by atoms with E-state index in [-0.39, 0.29) is 17.8 Å². The Morgan fingerprint density at radius 1 is 1.06 bits per heavy atom. The Kier molecular flexibility index (Phi) is 5.80. The molecule has 1 fully saturated rings. The Labute approximate surface area is 185 Å². The lowest BCUT2D eigenvalue weighted by Crippen LogP contribution is -2.41. The molecule has 1 aromatic heterocycles. The van der Waals surface area contributed by atoms with E-state index in [2.05, 4.69) is 32.2 Å². The number of benzene rings is 2. The van der Waals surface area contributed by atoms with E-state index in [1.54, 1.807) is 0 Å². The smallest absolute Gasteiger partial charge is 0.230 e. The normalized spacial score (nSPS) is 17.4. The Morgan fingerprint density at radius 3 is 2.65 bits per heavy atom. The van der Waals surface area contributed by atoms with Gasteiger partial charge in [-0.05, 0) is 30.5 Å². The van der Waals surface area contributed by atoms with Crippen LogP contribution in [0.2, 0.25) is 0 Å². The highest BCUT2D eigenvalue weighted by Crippen LogP contribution is 2.40. The Hall–Kier alpha value is -3.00. The zero-order valence-electron chi connectivity index (χ0n) is 17.1. The van der Waals surface area contributed by atoms with Gasteiger partial charge in [-0.1, -0.05) is 54.2 Å². The summed E-state index contributed by atoms with van der Waals surface area (Å²) in [5.41, 5.74) is 1.20. The van der Waals surface area contributed by atoms with Crippen molar-refractivity contribution in [2.45, 2.75) is 36.6 Å². The average molecular weight is 437 g/mol. The first-order valence-electron chi connectivity index (χ1n) is 10.5. The number of para-hydroxylation sites is 2. The van der Waals surface area contributed by atoms with Crippen molar-refractivity contribution in [1.82, 2.24) is 20.1 Å². The Balaban J connectivity index is 1.16. The molecular weight excluding hydrogens is 412 g/mol. The largest absolute Gasteiger partial charge is 0.486 e. The molecule has 1 aliphatic carbocycles. The van der Waals surface area contributed by atoms with Gasteiger partial charge in [-0.25, -0.2) is 0 Å². The molecule has 3 aromatic rings. The molecule has 1 N–H and O–H groups in total. The van der Waals surface area contributed by atoms with Crippen molar-refractivity contribution in [1.29, 1.82) is 0 Å². The van der Waals surface area contributed by atoms with E-state index >= 15 is 0 Å². The first-order chi connectivity index (χ1) is 15.3. The number of aromatic nitrogens is 3. The van der Waals surface area contributed by atoms with Gasteiger partial charge >= 0.3 is 0 Å². The molecule has 0 spiro atoms. The number of nitrogens with one attached hydrogen (secondary N) is 1. The van der Waals surface area contributed by atoms with Crippen LogP contribution in [0.15, 0.2) is 59.8 Å². The molecule has 2 heterocycles. The summed E-state index contributed by atoms with van der Waals surface area (Å²) < 4.78 is 13.7. The minimum absolute atomic E-state index is 0.0605. The summed E-state index contributed by atoms with van der Waals surface area (Å²) in [6.07, 6.45) is 2.11. The van der Waals surface area contributed by atoms with Gasteiger partial charge in [0, 0.05) is 5.92 Å². The molecule has 1 unspecified atom stereocenters. The molecule has 0 saturated heterocycles. The third kappa shape index (κ3) is 4.85. The number of nitrogens with zero attached hydrogens (tertiary/aromatic N) is 3.